The molecule has 1 N–H and O–H groups in total. The Hall–Kier alpha value is -1.01. The molecule has 0 radical (unpaired) electrons. The van der Waals surface area contributed by atoms with Crippen molar-refractivity contribution >= 4 is 68.1 Å². The lowest BCUT2D eigenvalue weighted by molar-refractivity contribution is -0.140. The molecule has 118 valence electrons. The summed E-state index contributed by atoms with van der Waals surface area (Å²) >= 11 is 19.5. The summed E-state index contributed by atoms with van der Waals surface area (Å²) < 4.78 is 5.28. The highest BCUT2D eigenvalue weighted by Gasteiger charge is 2.19. The van der Waals surface area contributed by atoms with Crippen LogP contribution in [0.3, 0.4) is 0 Å². The number of hydrogen-bond donors (Lipinski definition) is 1. The van der Waals surface area contributed by atoms with E-state index in [-0.39, 0.29) is 18.3 Å². The summed E-state index contributed by atoms with van der Waals surface area (Å²) in [7, 11) is 1.33. The lowest BCUT2D eigenvalue weighted by Gasteiger charge is -2.03. The van der Waals surface area contributed by atoms with Gasteiger partial charge >= 0.3 is 5.97 Å². The Morgan fingerprint density at radius 3 is 2.68 bits per heavy atom. The van der Waals surface area contributed by atoms with Crippen molar-refractivity contribution in [2.75, 3.05) is 13.7 Å². The minimum Gasteiger partial charge on any atom is -0.469 e. The molecule has 1 heterocycles. The van der Waals surface area contributed by atoms with Crippen LogP contribution in [0.15, 0.2) is 12.1 Å². The van der Waals surface area contributed by atoms with Crippen LogP contribution in [0.4, 0.5) is 0 Å². The zero-order valence-corrected chi connectivity index (χ0v) is 14.6. The van der Waals surface area contributed by atoms with E-state index >= 15 is 0 Å². The number of rotatable bonds is 5. The molecule has 2 aromatic rings. The molecule has 0 bridgehead atoms. The lowest BCUT2D eigenvalue weighted by atomic mass is 10.2. The molecule has 0 unspecified atom stereocenters. The molecule has 0 aliphatic carbocycles. The molecule has 0 saturated carbocycles. The fourth-order valence-electron chi connectivity index (χ4n) is 1.87. The standard InChI is InChI=1S/C14H12Cl3NO3S/c1-21-10(19)3-2-4-18-14(20)13-12(17)11-8(16)5-7(15)6-9(11)22-13/h5-6H,2-4H2,1H3,(H,18,20). The minimum absolute atomic E-state index is 0.248. The van der Waals surface area contributed by atoms with Gasteiger partial charge in [0.2, 0.25) is 0 Å². The maximum atomic E-state index is 12.2. The van der Waals surface area contributed by atoms with E-state index in [1.165, 1.54) is 18.4 Å². The number of benzene rings is 1. The van der Waals surface area contributed by atoms with Gasteiger partial charge in [-0.15, -0.1) is 11.3 Å². The van der Waals surface area contributed by atoms with Crippen molar-refractivity contribution in [3.05, 3.63) is 32.1 Å². The van der Waals surface area contributed by atoms with Crippen molar-refractivity contribution in [2.24, 2.45) is 0 Å². The zero-order chi connectivity index (χ0) is 16.3. The number of amides is 1. The number of ether oxygens (including phenoxy) is 1. The number of nitrogens with one attached hydrogen (secondary N) is 1. The van der Waals surface area contributed by atoms with E-state index in [9.17, 15) is 9.59 Å². The fraction of sp³-hybridized carbons (Fsp3) is 0.286. The number of fused-ring (bicyclic) bond motifs is 1. The van der Waals surface area contributed by atoms with Crippen LogP contribution < -0.4 is 5.32 Å². The van der Waals surface area contributed by atoms with Crippen LogP contribution in [-0.2, 0) is 9.53 Å². The van der Waals surface area contributed by atoms with Gasteiger partial charge in [0.05, 0.1) is 17.2 Å². The monoisotopic (exact) mass is 379 g/mol. The summed E-state index contributed by atoms with van der Waals surface area (Å²) in [5.41, 5.74) is 0. The van der Waals surface area contributed by atoms with Crippen molar-refractivity contribution in [2.45, 2.75) is 12.8 Å². The number of esters is 1. The van der Waals surface area contributed by atoms with E-state index in [4.69, 9.17) is 34.8 Å². The average molecular weight is 381 g/mol. The Labute approximate surface area is 146 Å². The Balaban J connectivity index is 2.10. The molecule has 2 rings (SSSR count). The van der Waals surface area contributed by atoms with Crippen LogP contribution in [0, 0.1) is 0 Å². The normalized spacial score (nSPS) is 10.7. The topological polar surface area (TPSA) is 55.4 Å². The maximum Gasteiger partial charge on any atom is 0.305 e. The van der Waals surface area contributed by atoms with Gasteiger partial charge in [-0.05, 0) is 18.6 Å². The predicted octanol–water partition coefficient (Wildman–Crippen LogP) is 4.54. The predicted molar refractivity (Wildman–Crippen MR) is 90.4 cm³/mol. The van der Waals surface area contributed by atoms with E-state index in [2.05, 4.69) is 10.1 Å². The van der Waals surface area contributed by atoms with Crippen molar-refractivity contribution < 1.29 is 14.3 Å². The lowest BCUT2D eigenvalue weighted by Crippen LogP contribution is -2.24. The third-order valence-electron chi connectivity index (χ3n) is 2.93. The van der Waals surface area contributed by atoms with Gasteiger partial charge < -0.3 is 10.1 Å². The van der Waals surface area contributed by atoms with Crippen LogP contribution in [-0.4, -0.2) is 25.5 Å². The molecule has 4 nitrogen and oxygen atoms in total. The average Bonchev–Trinajstić information content (AvgIpc) is 2.80. The molecule has 0 spiro atoms. The summed E-state index contributed by atoms with van der Waals surface area (Å²) in [6.07, 6.45) is 0.742. The van der Waals surface area contributed by atoms with Gasteiger partial charge in [0, 0.05) is 28.1 Å². The third kappa shape index (κ3) is 3.84. The van der Waals surface area contributed by atoms with E-state index in [0.717, 1.165) is 4.70 Å². The molecule has 0 aliphatic heterocycles. The quantitative estimate of drug-likeness (QED) is 0.612. The van der Waals surface area contributed by atoms with Gasteiger partial charge in [-0.3, -0.25) is 9.59 Å². The van der Waals surface area contributed by atoms with Gasteiger partial charge in [-0.2, -0.15) is 0 Å². The molecular weight excluding hydrogens is 369 g/mol. The van der Waals surface area contributed by atoms with E-state index in [0.29, 0.717) is 38.3 Å². The summed E-state index contributed by atoms with van der Waals surface area (Å²) in [6, 6.07) is 3.30. The number of carbonyl (C=O) groups is 2. The van der Waals surface area contributed by atoms with Gasteiger partial charge in [0.1, 0.15) is 4.88 Å². The molecule has 1 amide bonds. The van der Waals surface area contributed by atoms with Crippen LogP contribution in [0.2, 0.25) is 15.1 Å². The molecule has 0 aliphatic rings. The number of methoxy groups -OCH3 is 1. The molecule has 1 aromatic carbocycles. The first-order valence-corrected chi connectivity index (χ1v) is 8.31. The Morgan fingerprint density at radius 1 is 1.27 bits per heavy atom. The molecule has 22 heavy (non-hydrogen) atoms. The Kier molecular flexibility index (Phi) is 5.92. The van der Waals surface area contributed by atoms with Crippen LogP contribution >= 0.6 is 46.1 Å². The van der Waals surface area contributed by atoms with Gasteiger partial charge in [0.15, 0.2) is 0 Å². The van der Waals surface area contributed by atoms with E-state index in [1.54, 1.807) is 12.1 Å². The second-order valence-electron chi connectivity index (χ2n) is 4.44. The van der Waals surface area contributed by atoms with Crippen LogP contribution in [0.1, 0.15) is 22.5 Å². The third-order valence-corrected chi connectivity index (χ3v) is 5.07. The maximum absolute atomic E-state index is 12.2. The zero-order valence-electron chi connectivity index (χ0n) is 11.5. The van der Waals surface area contributed by atoms with Crippen molar-refractivity contribution in [3.8, 4) is 0 Å². The molecular formula is C14H12Cl3NO3S. The van der Waals surface area contributed by atoms with E-state index in [1.807, 2.05) is 0 Å². The second kappa shape index (κ2) is 7.51. The minimum atomic E-state index is -0.310. The first-order valence-electron chi connectivity index (χ1n) is 6.36. The summed E-state index contributed by atoms with van der Waals surface area (Å²) in [4.78, 5) is 23.5. The Morgan fingerprint density at radius 2 is 2.00 bits per heavy atom. The first-order chi connectivity index (χ1) is 10.4. The van der Waals surface area contributed by atoms with Crippen LogP contribution in [0.5, 0.6) is 0 Å². The highest BCUT2D eigenvalue weighted by atomic mass is 35.5. The highest BCUT2D eigenvalue weighted by Crippen LogP contribution is 2.41. The largest absolute Gasteiger partial charge is 0.469 e. The first kappa shape index (κ1) is 17.3. The SMILES string of the molecule is COC(=O)CCCNC(=O)c1sc2cc(Cl)cc(Cl)c2c1Cl. The Bertz CT molecular complexity index is 730. The summed E-state index contributed by atoms with van der Waals surface area (Å²) in [6.45, 7) is 0.354. The van der Waals surface area contributed by atoms with Gasteiger partial charge in [-0.25, -0.2) is 0 Å². The number of halogens is 3. The van der Waals surface area contributed by atoms with Crippen molar-refractivity contribution in [3.63, 3.8) is 0 Å². The summed E-state index contributed by atoms with van der Waals surface area (Å²) in [5.74, 6) is -0.612. The van der Waals surface area contributed by atoms with Gasteiger partial charge in [0.25, 0.3) is 5.91 Å². The molecule has 0 saturated heterocycles. The highest BCUT2D eigenvalue weighted by molar-refractivity contribution is 7.21. The second-order valence-corrected chi connectivity index (χ2v) is 6.72. The van der Waals surface area contributed by atoms with Crippen molar-refractivity contribution in [1.29, 1.82) is 0 Å². The molecule has 8 heteroatoms. The molecule has 0 fully saturated rings. The number of thiophene rings is 1. The number of carbonyl (C=O) groups excluding carboxylic acids is 2. The van der Waals surface area contributed by atoms with E-state index < -0.39 is 0 Å². The van der Waals surface area contributed by atoms with Crippen molar-refractivity contribution in [1.82, 2.24) is 5.32 Å². The smallest absolute Gasteiger partial charge is 0.305 e. The fourth-order valence-corrected chi connectivity index (χ4v) is 4.17. The molecule has 1 aromatic heterocycles. The van der Waals surface area contributed by atoms with Gasteiger partial charge in [-0.1, -0.05) is 34.8 Å². The molecule has 0 atom stereocenters. The van der Waals surface area contributed by atoms with Crippen LogP contribution in [0.25, 0.3) is 10.1 Å². The number of hydrogen-bond acceptors (Lipinski definition) is 4. The summed E-state index contributed by atoms with van der Waals surface area (Å²) in [5, 5.41) is 4.55.